The number of hydrogen-bond acceptors (Lipinski definition) is 6. The molecule has 0 aliphatic carbocycles. The summed E-state index contributed by atoms with van der Waals surface area (Å²) in [6.07, 6.45) is 1.50. The standard InChI is InChI=1S/C18H24N6O/c1-22(2)15-6-4-14(5-7-15)18(25)21-16-12-17(20-13-19-16)24-10-8-23(3)9-11-24/h4-7,12-13H,8-11H2,1-3H3,(H,19,20,21,25). The van der Waals surface area contributed by atoms with Gasteiger partial charge in [0.2, 0.25) is 0 Å². The normalized spacial score (nSPS) is 15.1. The summed E-state index contributed by atoms with van der Waals surface area (Å²) in [5, 5.41) is 2.85. The fourth-order valence-electron chi connectivity index (χ4n) is 2.72. The molecule has 1 aromatic carbocycles. The van der Waals surface area contributed by atoms with Crippen molar-refractivity contribution in [3.63, 3.8) is 0 Å². The summed E-state index contributed by atoms with van der Waals surface area (Å²) in [7, 11) is 6.05. The molecule has 1 N–H and O–H groups in total. The summed E-state index contributed by atoms with van der Waals surface area (Å²) in [6.45, 7) is 3.85. The first-order valence-electron chi connectivity index (χ1n) is 8.37. The topological polar surface area (TPSA) is 64.6 Å². The van der Waals surface area contributed by atoms with Crippen LogP contribution in [0.2, 0.25) is 0 Å². The summed E-state index contributed by atoms with van der Waals surface area (Å²) in [5.74, 6) is 1.19. The Bertz CT molecular complexity index is 723. The lowest BCUT2D eigenvalue weighted by atomic mass is 10.2. The Morgan fingerprint density at radius 1 is 1.08 bits per heavy atom. The zero-order valence-electron chi connectivity index (χ0n) is 14.9. The van der Waals surface area contributed by atoms with E-state index in [0.717, 1.165) is 37.7 Å². The number of carbonyl (C=O) groups is 1. The van der Waals surface area contributed by atoms with Gasteiger partial charge in [0.1, 0.15) is 18.0 Å². The van der Waals surface area contributed by atoms with Crippen molar-refractivity contribution in [2.24, 2.45) is 0 Å². The number of carbonyl (C=O) groups excluding carboxylic acids is 1. The fraction of sp³-hybridized carbons (Fsp3) is 0.389. The smallest absolute Gasteiger partial charge is 0.256 e. The summed E-state index contributed by atoms with van der Waals surface area (Å²) in [4.78, 5) is 27.4. The van der Waals surface area contributed by atoms with Crippen LogP contribution >= 0.6 is 0 Å². The number of aromatic nitrogens is 2. The minimum Gasteiger partial charge on any atom is -0.378 e. The highest BCUT2D eigenvalue weighted by atomic mass is 16.1. The fourth-order valence-corrected chi connectivity index (χ4v) is 2.72. The molecular weight excluding hydrogens is 316 g/mol. The maximum absolute atomic E-state index is 12.4. The van der Waals surface area contributed by atoms with Gasteiger partial charge in [-0.05, 0) is 31.3 Å². The highest BCUT2D eigenvalue weighted by molar-refractivity contribution is 6.04. The molecular formula is C18H24N6O. The summed E-state index contributed by atoms with van der Waals surface area (Å²) in [6, 6.07) is 9.30. The van der Waals surface area contributed by atoms with Gasteiger partial charge in [-0.2, -0.15) is 0 Å². The third-order valence-electron chi connectivity index (χ3n) is 4.37. The summed E-state index contributed by atoms with van der Waals surface area (Å²) < 4.78 is 0. The van der Waals surface area contributed by atoms with E-state index in [1.54, 1.807) is 0 Å². The molecule has 7 heteroatoms. The van der Waals surface area contributed by atoms with Crippen LogP contribution in [-0.4, -0.2) is 68.1 Å². The number of hydrogen-bond donors (Lipinski definition) is 1. The van der Waals surface area contributed by atoms with E-state index in [1.807, 2.05) is 49.3 Å². The average Bonchev–Trinajstić information content (AvgIpc) is 2.62. The molecule has 1 aliphatic rings. The molecule has 25 heavy (non-hydrogen) atoms. The average molecular weight is 340 g/mol. The summed E-state index contributed by atoms with van der Waals surface area (Å²) in [5.41, 5.74) is 1.65. The monoisotopic (exact) mass is 340 g/mol. The molecule has 132 valence electrons. The van der Waals surface area contributed by atoms with Crippen LogP contribution in [0.25, 0.3) is 0 Å². The number of rotatable bonds is 4. The second-order valence-corrected chi connectivity index (χ2v) is 6.45. The van der Waals surface area contributed by atoms with Crippen LogP contribution in [0.15, 0.2) is 36.7 Å². The highest BCUT2D eigenvalue weighted by Gasteiger charge is 2.16. The van der Waals surface area contributed by atoms with Crippen molar-refractivity contribution in [3.8, 4) is 0 Å². The van der Waals surface area contributed by atoms with Gasteiger partial charge in [0.05, 0.1) is 0 Å². The van der Waals surface area contributed by atoms with E-state index in [0.29, 0.717) is 11.4 Å². The van der Waals surface area contributed by atoms with E-state index in [1.165, 1.54) is 6.33 Å². The lowest BCUT2D eigenvalue weighted by Gasteiger charge is -2.33. The first kappa shape index (κ1) is 17.2. The zero-order chi connectivity index (χ0) is 17.8. The molecule has 3 rings (SSSR count). The highest BCUT2D eigenvalue weighted by Crippen LogP contribution is 2.17. The van der Waals surface area contributed by atoms with Crippen molar-refractivity contribution in [1.29, 1.82) is 0 Å². The van der Waals surface area contributed by atoms with Crippen molar-refractivity contribution >= 4 is 23.2 Å². The van der Waals surface area contributed by atoms with Gasteiger partial charge in [-0.25, -0.2) is 9.97 Å². The molecule has 1 aromatic heterocycles. The number of nitrogens with one attached hydrogen (secondary N) is 1. The summed E-state index contributed by atoms with van der Waals surface area (Å²) >= 11 is 0. The van der Waals surface area contributed by atoms with Crippen LogP contribution in [0.3, 0.4) is 0 Å². The van der Waals surface area contributed by atoms with E-state index in [-0.39, 0.29) is 5.91 Å². The quantitative estimate of drug-likeness (QED) is 0.911. The van der Waals surface area contributed by atoms with Crippen LogP contribution in [0.4, 0.5) is 17.3 Å². The van der Waals surface area contributed by atoms with Gasteiger partial charge < -0.3 is 20.0 Å². The van der Waals surface area contributed by atoms with Gasteiger partial charge in [-0.3, -0.25) is 4.79 Å². The predicted molar refractivity (Wildman–Crippen MR) is 100 cm³/mol. The molecule has 0 bridgehead atoms. The Balaban J connectivity index is 1.68. The van der Waals surface area contributed by atoms with E-state index < -0.39 is 0 Å². The maximum Gasteiger partial charge on any atom is 0.256 e. The zero-order valence-corrected chi connectivity index (χ0v) is 14.9. The van der Waals surface area contributed by atoms with Gasteiger partial charge in [-0.1, -0.05) is 0 Å². The molecule has 0 saturated carbocycles. The molecule has 0 spiro atoms. The molecule has 1 saturated heterocycles. The lowest BCUT2D eigenvalue weighted by molar-refractivity contribution is 0.102. The largest absolute Gasteiger partial charge is 0.378 e. The number of benzene rings is 1. The van der Waals surface area contributed by atoms with Crippen LogP contribution in [-0.2, 0) is 0 Å². The van der Waals surface area contributed by atoms with Crippen LogP contribution in [0.1, 0.15) is 10.4 Å². The number of amides is 1. The number of nitrogens with zero attached hydrogens (tertiary/aromatic N) is 5. The molecule has 0 unspecified atom stereocenters. The first-order chi connectivity index (χ1) is 12.0. The van der Waals surface area contributed by atoms with Gasteiger partial charge in [-0.15, -0.1) is 0 Å². The van der Waals surface area contributed by atoms with Crippen LogP contribution < -0.4 is 15.1 Å². The van der Waals surface area contributed by atoms with Crippen LogP contribution in [0.5, 0.6) is 0 Å². The van der Waals surface area contributed by atoms with Crippen molar-refractivity contribution < 1.29 is 4.79 Å². The number of piperazine rings is 1. The molecule has 1 amide bonds. The van der Waals surface area contributed by atoms with E-state index in [9.17, 15) is 4.79 Å². The molecule has 1 fully saturated rings. The SMILES string of the molecule is CN1CCN(c2cc(NC(=O)c3ccc(N(C)C)cc3)ncn2)CC1. The van der Waals surface area contributed by atoms with Gasteiger partial charge in [0.25, 0.3) is 5.91 Å². The maximum atomic E-state index is 12.4. The van der Waals surface area contributed by atoms with Crippen molar-refractivity contribution in [2.45, 2.75) is 0 Å². The Morgan fingerprint density at radius 2 is 1.76 bits per heavy atom. The minimum atomic E-state index is -0.173. The lowest BCUT2D eigenvalue weighted by Crippen LogP contribution is -2.44. The molecule has 0 radical (unpaired) electrons. The number of anilines is 3. The van der Waals surface area contributed by atoms with E-state index in [4.69, 9.17) is 0 Å². The van der Waals surface area contributed by atoms with E-state index in [2.05, 4.69) is 32.1 Å². The van der Waals surface area contributed by atoms with Crippen LogP contribution in [0, 0.1) is 0 Å². The molecule has 2 aromatic rings. The molecule has 1 aliphatic heterocycles. The van der Waals surface area contributed by atoms with Crippen molar-refractivity contribution in [3.05, 3.63) is 42.2 Å². The molecule has 0 atom stereocenters. The Hall–Kier alpha value is -2.67. The van der Waals surface area contributed by atoms with Crippen molar-refractivity contribution in [1.82, 2.24) is 14.9 Å². The minimum absolute atomic E-state index is 0.173. The molecule has 2 heterocycles. The predicted octanol–water partition coefficient (Wildman–Crippen LogP) is 1.55. The van der Waals surface area contributed by atoms with Gasteiger partial charge in [0.15, 0.2) is 0 Å². The van der Waals surface area contributed by atoms with Crippen molar-refractivity contribution in [2.75, 3.05) is 62.4 Å². The number of likely N-dealkylation sites (N-methyl/N-ethyl adjacent to an activating group) is 1. The second kappa shape index (κ2) is 7.48. The van der Waals surface area contributed by atoms with Gasteiger partial charge in [0, 0.05) is 57.6 Å². The molecule has 7 nitrogen and oxygen atoms in total. The Labute approximate surface area is 148 Å². The Morgan fingerprint density at radius 3 is 2.40 bits per heavy atom. The third-order valence-corrected chi connectivity index (χ3v) is 4.37. The first-order valence-corrected chi connectivity index (χ1v) is 8.37. The Kier molecular flexibility index (Phi) is 5.14. The van der Waals surface area contributed by atoms with Gasteiger partial charge >= 0.3 is 0 Å². The second-order valence-electron chi connectivity index (χ2n) is 6.45. The van der Waals surface area contributed by atoms with E-state index >= 15 is 0 Å². The third kappa shape index (κ3) is 4.24.